The van der Waals surface area contributed by atoms with Gasteiger partial charge in [0.25, 0.3) is 0 Å². The quantitative estimate of drug-likeness (QED) is 0.477. The number of hydrogen-bond donors (Lipinski definition) is 1. The number of hydrogen-bond acceptors (Lipinski definition) is 5. The Morgan fingerprint density at radius 1 is 1.50 bits per heavy atom. The van der Waals surface area contributed by atoms with Crippen molar-refractivity contribution in [2.24, 2.45) is 0 Å². The molecule has 1 fully saturated rings. The number of piperidine rings is 1. The first kappa shape index (κ1) is 15.4. The molecule has 0 aromatic carbocycles. The van der Waals surface area contributed by atoms with Gasteiger partial charge >= 0.3 is 5.00 Å². The summed E-state index contributed by atoms with van der Waals surface area (Å²) >= 11 is 1.26. The minimum Gasteiger partial charge on any atom is -0.312 e. The highest BCUT2D eigenvalue weighted by atomic mass is 32.1. The Balaban J connectivity index is 1.60. The SMILES string of the molecule is CC1CCCCN1CCCNCc1ccc([N+](=O)[O-])s1. The molecule has 2 heterocycles. The molecular formula is C14H23N3O2S. The van der Waals surface area contributed by atoms with Crippen LogP contribution in [0.3, 0.4) is 0 Å². The van der Waals surface area contributed by atoms with Crippen LogP contribution in [0, 0.1) is 10.1 Å². The van der Waals surface area contributed by atoms with Gasteiger partial charge in [0, 0.05) is 23.5 Å². The molecule has 1 aromatic heterocycles. The molecule has 0 spiro atoms. The summed E-state index contributed by atoms with van der Waals surface area (Å²) in [5.74, 6) is 0. The van der Waals surface area contributed by atoms with E-state index in [2.05, 4.69) is 17.1 Å². The van der Waals surface area contributed by atoms with Gasteiger partial charge in [0.05, 0.1) is 4.92 Å². The zero-order chi connectivity index (χ0) is 14.4. The van der Waals surface area contributed by atoms with Crippen molar-refractivity contribution in [3.8, 4) is 0 Å². The van der Waals surface area contributed by atoms with Crippen LogP contribution in [0.4, 0.5) is 5.00 Å². The van der Waals surface area contributed by atoms with Gasteiger partial charge in [0.15, 0.2) is 0 Å². The lowest BCUT2D eigenvalue weighted by atomic mass is 10.0. The minimum atomic E-state index is -0.327. The molecule has 0 saturated carbocycles. The third-order valence-electron chi connectivity index (χ3n) is 3.87. The zero-order valence-electron chi connectivity index (χ0n) is 12.0. The van der Waals surface area contributed by atoms with Gasteiger partial charge in [-0.2, -0.15) is 0 Å². The fraction of sp³-hybridized carbons (Fsp3) is 0.714. The van der Waals surface area contributed by atoms with Gasteiger partial charge in [0.1, 0.15) is 0 Å². The summed E-state index contributed by atoms with van der Waals surface area (Å²) in [5.41, 5.74) is 0. The maximum atomic E-state index is 10.6. The number of nitrogens with one attached hydrogen (secondary N) is 1. The van der Waals surface area contributed by atoms with Crippen molar-refractivity contribution in [2.45, 2.75) is 45.2 Å². The predicted octanol–water partition coefficient (Wildman–Crippen LogP) is 3.01. The molecule has 1 aliphatic rings. The Kier molecular flexibility index (Phi) is 5.94. The van der Waals surface area contributed by atoms with Crippen molar-refractivity contribution < 1.29 is 4.92 Å². The molecule has 1 saturated heterocycles. The van der Waals surface area contributed by atoms with Crippen molar-refractivity contribution in [3.05, 3.63) is 27.1 Å². The Labute approximate surface area is 124 Å². The smallest absolute Gasteiger partial charge is 0.312 e. The van der Waals surface area contributed by atoms with E-state index in [4.69, 9.17) is 0 Å². The van der Waals surface area contributed by atoms with E-state index < -0.39 is 0 Å². The predicted molar refractivity (Wildman–Crippen MR) is 82.2 cm³/mol. The van der Waals surface area contributed by atoms with Gasteiger partial charge in [-0.3, -0.25) is 10.1 Å². The van der Waals surface area contributed by atoms with Gasteiger partial charge < -0.3 is 10.2 Å². The van der Waals surface area contributed by atoms with Gasteiger partial charge in [0.2, 0.25) is 0 Å². The molecule has 6 heteroatoms. The number of rotatable bonds is 7. The van der Waals surface area contributed by atoms with Crippen LogP contribution in [0.2, 0.25) is 0 Å². The molecule has 20 heavy (non-hydrogen) atoms. The molecule has 0 amide bonds. The fourth-order valence-corrected chi connectivity index (χ4v) is 3.46. The lowest BCUT2D eigenvalue weighted by Crippen LogP contribution is -2.38. The number of thiophene rings is 1. The van der Waals surface area contributed by atoms with Crippen LogP contribution < -0.4 is 5.32 Å². The Hall–Kier alpha value is -0.980. The zero-order valence-corrected chi connectivity index (χ0v) is 12.8. The van der Waals surface area contributed by atoms with Crippen molar-refractivity contribution in [1.82, 2.24) is 10.2 Å². The second kappa shape index (κ2) is 7.71. The molecule has 1 atom stereocenters. The highest BCUT2D eigenvalue weighted by molar-refractivity contribution is 7.15. The molecular weight excluding hydrogens is 274 g/mol. The van der Waals surface area contributed by atoms with E-state index in [1.807, 2.05) is 6.07 Å². The Bertz CT molecular complexity index is 436. The van der Waals surface area contributed by atoms with Crippen LogP contribution in [0.25, 0.3) is 0 Å². The maximum Gasteiger partial charge on any atom is 0.324 e. The van der Waals surface area contributed by atoms with E-state index in [9.17, 15) is 10.1 Å². The van der Waals surface area contributed by atoms with E-state index in [0.717, 1.165) is 37.0 Å². The van der Waals surface area contributed by atoms with Crippen LogP contribution in [-0.4, -0.2) is 35.5 Å². The van der Waals surface area contributed by atoms with Crippen molar-refractivity contribution in [3.63, 3.8) is 0 Å². The second-order valence-electron chi connectivity index (χ2n) is 5.41. The van der Waals surface area contributed by atoms with Gasteiger partial charge in [-0.1, -0.05) is 17.8 Å². The summed E-state index contributed by atoms with van der Waals surface area (Å²) in [4.78, 5) is 13.9. The second-order valence-corrected chi connectivity index (χ2v) is 6.55. The largest absolute Gasteiger partial charge is 0.324 e. The van der Waals surface area contributed by atoms with Crippen LogP contribution in [0.5, 0.6) is 0 Å². The maximum absolute atomic E-state index is 10.6. The summed E-state index contributed by atoms with van der Waals surface area (Å²) in [7, 11) is 0. The van der Waals surface area contributed by atoms with Crippen LogP contribution in [-0.2, 0) is 6.54 Å². The number of nitrogens with zero attached hydrogens (tertiary/aromatic N) is 2. The molecule has 2 rings (SSSR count). The first-order valence-electron chi connectivity index (χ1n) is 7.34. The van der Waals surface area contributed by atoms with E-state index in [-0.39, 0.29) is 9.92 Å². The number of likely N-dealkylation sites (tertiary alicyclic amines) is 1. The molecule has 1 unspecified atom stereocenters. The molecule has 1 aliphatic heterocycles. The Morgan fingerprint density at radius 2 is 2.35 bits per heavy atom. The molecule has 1 N–H and O–H groups in total. The lowest BCUT2D eigenvalue weighted by molar-refractivity contribution is -0.380. The topological polar surface area (TPSA) is 58.4 Å². The molecule has 1 aromatic rings. The van der Waals surface area contributed by atoms with Crippen LogP contribution >= 0.6 is 11.3 Å². The van der Waals surface area contributed by atoms with E-state index in [1.165, 1.54) is 37.1 Å². The molecule has 5 nitrogen and oxygen atoms in total. The standard InChI is InChI=1S/C14H23N3O2S/c1-12-5-2-3-9-16(12)10-4-8-15-11-13-6-7-14(20-13)17(18)19/h6-7,12,15H,2-5,8-11H2,1H3. The molecule has 0 radical (unpaired) electrons. The van der Waals surface area contributed by atoms with E-state index >= 15 is 0 Å². The van der Waals surface area contributed by atoms with Crippen molar-refractivity contribution in [1.29, 1.82) is 0 Å². The number of nitro groups is 1. The average molecular weight is 297 g/mol. The summed E-state index contributed by atoms with van der Waals surface area (Å²) in [6, 6.07) is 4.14. The molecule has 0 bridgehead atoms. The Morgan fingerprint density at radius 3 is 3.05 bits per heavy atom. The summed E-state index contributed by atoms with van der Waals surface area (Å²) < 4.78 is 0. The minimum absolute atomic E-state index is 0.226. The highest BCUT2D eigenvalue weighted by Crippen LogP contribution is 2.23. The monoisotopic (exact) mass is 297 g/mol. The van der Waals surface area contributed by atoms with E-state index in [0.29, 0.717) is 0 Å². The molecule has 112 valence electrons. The van der Waals surface area contributed by atoms with E-state index in [1.54, 1.807) is 6.07 Å². The van der Waals surface area contributed by atoms with Gasteiger partial charge in [-0.15, -0.1) is 0 Å². The summed E-state index contributed by atoms with van der Waals surface area (Å²) in [5, 5.41) is 14.2. The lowest BCUT2D eigenvalue weighted by Gasteiger charge is -2.33. The fourth-order valence-electron chi connectivity index (χ4n) is 2.67. The normalized spacial score (nSPS) is 20.1. The summed E-state index contributed by atoms with van der Waals surface area (Å²) in [6.45, 7) is 6.40. The average Bonchev–Trinajstić information content (AvgIpc) is 2.89. The van der Waals surface area contributed by atoms with Crippen molar-refractivity contribution >= 4 is 16.3 Å². The third kappa shape index (κ3) is 4.54. The van der Waals surface area contributed by atoms with Crippen LogP contribution in [0.1, 0.15) is 37.5 Å². The van der Waals surface area contributed by atoms with Gasteiger partial charge in [-0.25, -0.2) is 0 Å². The first-order valence-corrected chi connectivity index (χ1v) is 8.16. The summed E-state index contributed by atoms with van der Waals surface area (Å²) in [6.07, 6.45) is 5.16. The van der Waals surface area contributed by atoms with Crippen molar-refractivity contribution in [2.75, 3.05) is 19.6 Å². The molecule has 0 aliphatic carbocycles. The van der Waals surface area contributed by atoms with Gasteiger partial charge in [-0.05, 0) is 51.9 Å². The highest BCUT2D eigenvalue weighted by Gasteiger charge is 2.17. The third-order valence-corrected chi connectivity index (χ3v) is 4.90. The van der Waals surface area contributed by atoms with Crippen LogP contribution in [0.15, 0.2) is 12.1 Å². The first-order chi connectivity index (χ1) is 9.66.